The van der Waals surface area contributed by atoms with Crippen LogP contribution >= 0.6 is 0 Å². The fourth-order valence-corrected chi connectivity index (χ4v) is 2.58. The predicted octanol–water partition coefficient (Wildman–Crippen LogP) is 2.44. The molecule has 126 valence electrons. The highest BCUT2D eigenvalue weighted by molar-refractivity contribution is 5.94. The lowest BCUT2D eigenvalue weighted by Crippen LogP contribution is -2.46. The summed E-state index contributed by atoms with van der Waals surface area (Å²) in [7, 11) is 0. The van der Waals surface area contributed by atoms with Crippen molar-refractivity contribution in [2.24, 2.45) is 0 Å². The molecule has 0 atom stereocenters. The first-order valence-electron chi connectivity index (χ1n) is 8.09. The molecule has 1 aliphatic heterocycles. The van der Waals surface area contributed by atoms with Crippen molar-refractivity contribution in [1.82, 2.24) is 10.2 Å². The van der Waals surface area contributed by atoms with Crippen LogP contribution < -0.4 is 10.1 Å². The standard InChI is InChI=1S/C17H24N2O4/c1-3-22-15-7-5-6-13(12-15)16(20)18-14-8-10-19(11-9-14)17(21)23-4-2/h5-7,12,14H,3-4,8-11H2,1-2H3,(H,18,20). The van der Waals surface area contributed by atoms with E-state index in [1.165, 1.54) is 0 Å². The van der Waals surface area contributed by atoms with Crippen molar-refractivity contribution < 1.29 is 19.1 Å². The number of nitrogens with zero attached hydrogens (tertiary/aromatic N) is 1. The molecule has 1 heterocycles. The minimum absolute atomic E-state index is 0.0731. The van der Waals surface area contributed by atoms with Gasteiger partial charge in [-0.05, 0) is 44.9 Å². The van der Waals surface area contributed by atoms with Crippen LogP contribution in [0.1, 0.15) is 37.0 Å². The maximum absolute atomic E-state index is 12.3. The number of ether oxygens (including phenoxy) is 2. The number of amides is 2. The number of nitrogens with one attached hydrogen (secondary N) is 1. The Kier molecular flexibility index (Phi) is 6.26. The Hall–Kier alpha value is -2.24. The largest absolute Gasteiger partial charge is 0.494 e. The first-order chi connectivity index (χ1) is 11.1. The SMILES string of the molecule is CCOC(=O)N1CCC(NC(=O)c2cccc(OCC)c2)CC1. The molecule has 1 aromatic rings. The summed E-state index contributed by atoms with van der Waals surface area (Å²) in [5.74, 6) is 0.582. The summed E-state index contributed by atoms with van der Waals surface area (Å²) >= 11 is 0. The summed E-state index contributed by atoms with van der Waals surface area (Å²) in [4.78, 5) is 25.6. The summed E-state index contributed by atoms with van der Waals surface area (Å²) in [5.41, 5.74) is 0.587. The summed E-state index contributed by atoms with van der Waals surface area (Å²) < 4.78 is 10.4. The Bertz CT molecular complexity index is 539. The van der Waals surface area contributed by atoms with E-state index in [2.05, 4.69) is 5.32 Å². The van der Waals surface area contributed by atoms with E-state index < -0.39 is 0 Å². The highest BCUT2D eigenvalue weighted by Crippen LogP contribution is 2.15. The Labute approximate surface area is 136 Å². The van der Waals surface area contributed by atoms with E-state index in [0.717, 1.165) is 12.8 Å². The number of carbonyl (C=O) groups excluding carboxylic acids is 2. The van der Waals surface area contributed by atoms with Gasteiger partial charge in [-0.1, -0.05) is 6.07 Å². The first kappa shape index (κ1) is 17.1. The fourth-order valence-electron chi connectivity index (χ4n) is 2.58. The van der Waals surface area contributed by atoms with E-state index >= 15 is 0 Å². The van der Waals surface area contributed by atoms with Gasteiger partial charge in [-0.15, -0.1) is 0 Å². The Morgan fingerprint density at radius 3 is 2.61 bits per heavy atom. The average molecular weight is 320 g/mol. The van der Waals surface area contributed by atoms with Crippen molar-refractivity contribution >= 4 is 12.0 Å². The van der Waals surface area contributed by atoms with Gasteiger partial charge in [-0.25, -0.2) is 4.79 Å². The zero-order chi connectivity index (χ0) is 16.7. The molecule has 0 unspecified atom stereocenters. The second kappa shape index (κ2) is 8.41. The van der Waals surface area contributed by atoms with Crippen LogP contribution in [0.25, 0.3) is 0 Å². The highest BCUT2D eigenvalue weighted by atomic mass is 16.6. The lowest BCUT2D eigenvalue weighted by atomic mass is 10.0. The molecule has 0 radical (unpaired) electrons. The van der Waals surface area contributed by atoms with Crippen molar-refractivity contribution in [3.63, 3.8) is 0 Å². The monoisotopic (exact) mass is 320 g/mol. The minimum Gasteiger partial charge on any atom is -0.494 e. The summed E-state index contributed by atoms with van der Waals surface area (Å²) in [6.07, 6.45) is 1.19. The summed E-state index contributed by atoms with van der Waals surface area (Å²) in [5, 5.41) is 3.02. The van der Waals surface area contributed by atoms with Crippen LogP contribution in [0.4, 0.5) is 4.79 Å². The summed E-state index contributed by atoms with van der Waals surface area (Å²) in [6.45, 7) is 5.85. The fraction of sp³-hybridized carbons (Fsp3) is 0.529. The average Bonchev–Trinajstić information content (AvgIpc) is 2.56. The van der Waals surface area contributed by atoms with E-state index in [1.807, 2.05) is 19.1 Å². The minimum atomic E-state index is -0.276. The molecule has 2 rings (SSSR count). The number of likely N-dealkylation sites (tertiary alicyclic amines) is 1. The molecule has 0 spiro atoms. The van der Waals surface area contributed by atoms with Crippen molar-refractivity contribution in [3.8, 4) is 5.75 Å². The van der Waals surface area contributed by atoms with Crippen LogP contribution in [0.15, 0.2) is 24.3 Å². The van der Waals surface area contributed by atoms with Gasteiger partial charge in [-0.3, -0.25) is 4.79 Å². The quantitative estimate of drug-likeness (QED) is 0.905. The van der Waals surface area contributed by atoms with Gasteiger partial charge in [-0.2, -0.15) is 0 Å². The molecule has 0 saturated carbocycles. The first-order valence-corrected chi connectivity index (χ1v) is 8.09. The van der Waals surface area contributed by atoms with Crippen LogP contribution in [0.5, 0.6) is 5.75 Å². The van der Waals surface area contributed by atoms with Gasteiger partial charge < -0.3 is 19.7 Å². The maximum atomic E-state index is 12.3. The molecular weight excluding hydrogens is 296 g/mol. The van der Waals surface area contributed by atoms with Crippen molar-refractivity contribution in [3.05, 3.63) is 29.8 Å². The topological polar surface area (TPSA) is 67.9 Å². The molecule has 6 nitrogen and oxygen atoms in total. The van der Waals surface area contributed by atoms with Gasteiger partial charge in [0.2, 0.25) is 0 Å². The number of hydrogen-bond donors (Lipinski definition) is 1. The molecule has 6 heteroatoms. The van der Waals surface area contributed by atoms with Gasteiger partial charge in [0.1, 0.15) is 5.75 Å². The molecule has 23 heavy (non-hydrogen) atoms. The Morgan fingerprint density at radius 2 is 1.96 bits per heavy atom. The third kappa shape index (κ3) is 4.87. The molecule has 1 saturated heterocycles. The molecule has 1 aromatic carbocycles. The van der Waals surface area contributed by atoms with Gasteiger partial charge in [0.05, 0.1) is 13.2 Å². The van der Waals surface area contributed by atoms with E-state index in [0.29, 0.717) is 37.6 Å². The number of hydrogen-bond acceptors (Lipinski definition) is 4. The molecule has 1 aliphatic rings. The van der Waals surface area contributed by atoms with Gasteiger partial charge in [0.25, 0.3) is 5.91 Å². The van der Waals surface area contributed by atoms with Crippen molar-refractivity contribution in [2.75, 3.05) is 26.3 Å². The van der Waals surface area contributed by atoms with Gasteiger partial charge >= 0.3 is 6.09 Å². The summed E-state index contributed by atoms with van der Waals surface area (Å²) in [6, 6.07) is 7.23. The number of piperidine rings is 1. The zero-order valence-electron chi connectivity index (χ0n) is 13.7. The molecule has 1 N–H and O–H groups in total. The second-order valence-electron chi connectivity index (χ2n) is 5.39. The third-order valence-electron chi connectivity index (χ3n) is 3.76. The smallest absolute Gasteiger partial charge is 0.409 e. The van der Waals surface area contributed by atoms with Gasteiger partial charge in [0.15, 0.2) is 0 Å². The van der Waals surface area contributed by atoms with Crippen LogP contribution in [0.3, 0.4) is 0 Å². The molecule has 2 amide bonds. The Morgan fingerprint density at radius 1 is 1.22 bits per heavy atom. The lowest BCUT2D eigenvalue weighted by Gasteiger charge is -2.31. The van der Waals surface area contributed by atoms with E-state index in [9.17, 15) is 9.59 Å². The third-order valence-corrected chi connectivity index (χ3v) is 3.76. The molecule has 0 aromatic heterocycles. The van der Waals surface area contributed by atoms with Crippen LogP contribution in [-0.2, 0) is 4.74 Å². The Balaban J connectivity index is 1.85. The van der Waals surface area contributed by atoms with Crippen LogP contribution in [0.2, 0.25) is 0 Å². The van der Waals surface area contributed by atoms with Crippen molar-refractivity contribution in [2.45, 2.75) is 32.7 Å². The van der Waals surface area contributed by atoms with Gasteiger partial charge in [0, 0.05) is 24.7 Å². The molecular formula is C17H24N2O4. The predicted molar refractivity (Wildman–Crippen MR) is 86.7 cm³/mol. The number of benzene rings is 1. The number of carbonyl (C=O) groups is 2. The molecule has 1 fully saturated rings. The van der Waals surface area contributed by atoms with E-state index in [-0.39, 0.29) is 18.0 Å². The maximum Gasteiger partial charge on any atom is 0.409 e. The molecule has 0 bridgehead atoms. The number of rotatable bonds is 5. The highest BCUT2D eigenvalue weighted by Gasteiger charge is 2.24. The van der Waals surface area contributed by atoms with Crippen LogP contribution in [-0.4, -0.2) is 49.2 Å². The van der Waals surface area contributed by atoms with Crippen molar-refractivity contribution in [1.29, 1.82) is 0 Å². The molecule has 0 aliphatic carbocycles. The lowest BCUT2D eigenvalue weighted by molar-refractivity contribution is 0.0859. The second-order valence-corrected chi connectivity index (χ2v) is 5.39. The van der Waals surface area contributed by atoms with E-state index in [1.54, 1.807) is 24.0 Å². The zero-order valence-corrected chi connectivity index (χ0v) is 13.7. The van der Waals surface area contributed by atoms with E-state index in [4.69, 9.17) is 9.47 Å². The normalized spacial score (nSPS) is 15.1. The van der Waals surface area contributed by atoms with Crippen LogP contribution in [0, 0.1) is 0 Å².